The molecule has 0 aromatic heterocycles. The number of nitrogens with zero attached hydrogens (tertiary/aromatic N) is 1. The van der Waals surface area contributed by atoms with Crippen LogP contribution in [-0.2, 0) is 11.3 Å². The summed E-state index contributed by atoms with van der Waals surface area (Å²) in [5.41, 5.74) is 3.55. The lowest BCUT2D eigenvalue weighted by Crippen LogP contribution is -2.40. The molecule has 0 heterocycles. The van der Waals surface area contributed by atoms with E-state index in [1.165, 1.54) is 11.1 Å². The Labute approximate surface area is 173 Å². The lowest BCUT2D eigenvalue weighted by atomic mass is 9.99. The largest absolute Gasteiger partial charge is 0.497 e. The Balaban J connectivity index is 1.82. The maximum absolute atomic E-state index is 12.1. The summed E-state index contributed by atoms with van der Waals surface area (Å²) in [6.07, 6.45) is 0. The standard InChI is InChI=1S/C23H32N4O2/c1-5-24-23(26-14-18(3)20-8-6-7-17(2)13-20)27-16-22(28)25-15-19-9-11-21(29-4)12-10-19/h6-13,18H,5,14-16H2,1-4H3,(H,25,28)(H2,24,26,27). The first-order valence-corrected chi connectivity index (χ1v) is 10.00. The molecule has 0 saturated carbocycles. The maximum Gasteiger partial charge on any atom is 0.242 e. The minimum Gasteiger partial charge on any atom is -0.497 e. The molecule has 2 rings (SSSR count). The number of guanidine groups is 1. The number of aliphatic imine (C=N–C) groups is 1. The molecule has 0 aliphatic heterocycles. The molecule has 0 saturated heterocycles. The van der Waals surface area contributed by atoms with Crippen molar-refractivity contribution in [2.45, 2.75) is 33.2 Å². The van der Waals surface area contributed by atoms with Crippen LogP contribution in [0.15, 0.2) is 53.5 Å². The highest BCUT2D eigenvalue weighted by molar-refractivity contribution is 5.84. The number of benzene rings is 2. The van der Waals surface area contributed by atoms with E-state index in [2.05, 4.69) is 59.1 Å². The lowest BCUT2D eigenvalue weighted by molar-refractivity contribution is -0.119. The van der Waals surface area contributed by atoms with Gasteiger partial charge in [-0.05, 0) is 43.0 Å². The van der Waals surface area contributed by atoms with Crippen molar-refractivity contribution < 1.29 is 9.53 Å². The number of hydrogen-bond acceptors (Lipinski definition) is 3. The molecule has 0 fully saturated rings. The molecule has 2 aromatic rings. The average Bonchev–Trinajstić information content (AvgIpc) is 2.74. The molecule has 156 valence electrons. The van der Waals surface area contributed by atoms with Gasteiger partial charge in [-0.3, -0.25) is 4.79 Å². The van der Waals surface area contributed by atoms with E-state index in [1.54, 1.807) is 7.11 Å². The molecule has 29 heavy (non-hydrogen) atoms. The number of rotatable bonds is 9. The van der Waals surface area contributed by atoms with Gasteiger partial charge in [0.15, 0.2) is 5.96 Å². The Kier molecular flexibility index (Phi) is 9.02. The van der Waals surface area contributed by atoms with Gasteiger partial charge in [-0.25, -0.2) is 4.99 Å². The van der Waals surface area contributed by atoms with Crippen LogP contribution < -0.4 is 20.7 Å². The number of carbonyl (C=O) groups excluding carboxylic acids is 1. The molecule has 6 nitrogen and oxygen atoms in total. The molecular weight excluding hydrogens is 364 g/mol. The zero-order valence-corrected chi connectivity index (χ0v) is 17.8. The first-order valence-electron chi connectivity index (χ1n) is 10.00. The van der Waals surface area contributed by atoms with E-state index >= 15 is 0 Å². The molecule has 1 atom stereocenters. The molecule has 0 bridgehead atoms. The Morgan fingerprint density at radius 3 is 2.52 bits per heavy atom. The topological polar surface area (TPSA) is 74.8 Å². The molecule has 0 spiro atoms. The van der Waals surface area contributed by atoms with Gasteiger partial charge in [0.25, 0.3) is 0 Å². The van der Waals surface area contributed by atoms with Crippen LogP contribution in [-0.4, -0.2) is 38.6 Å². The third-order valence-corrected chi connectivity index (χ3v) is 4.56. The van der Waals surface area contributed by atoms with Crippen LogP contribution in [0.5, 0.6) is 5.75 Å². The molecule has 1 unspecified atom stereocenters. The Hall–Kier alpha value is -3.02. The SMILES string of the molecule is CCNC(=NCC(=O)NCc1ccc(OC)cc1)NCC(C)c1cccc(C)c1. The van der Waals surface area contributed by atoms with Crippen molar-refractivity contribution in [2.24, 2.45) is 4.99 Å². The van der Waals surface area contributed by atoms with E-state index in [9.17, 15) is 4.79 Å². The summed E-state index contributed by atoms with van der Waals surface area (Å²) in [4.78, 5) is 16.5. The summed E-state index contributed by atoms with van der Waals surface area (Å²) >= 11 is 0. The minimum absolute atomic E-state index is 0.0737. The Morgan fingerprint density at radius 2 is 1.86 bits per heavy atom. The van der Waals surface area contributed by atoms with Gasteiger partial charge in [0.05, 0.1) is 7.11 Å². The third kappa shape index (κ3) is 7.86. The van der Waals surface area contributed by atoms with Crippen LogP contribution in [0.25, 0.3) is 0 Å². The molecule has 3 N–H and O–H groups in total. The monoisotopic (exact) mass is 396 g/mol. The number of ether oxygens (including phenoxy) is 1. The highest BCUT2D eigenvalue weighted by Gasteiger charge is 2.08. The summed E-state index contributed by atoms with van der Waals surface area (Å²) in [7, 11) is 1.63. The fraction of sp³-hybridized carbons (Fsp3) is 0.391. The molecule has 0 aliphatic carbocycles. The Bertz CT molecular complexity index is 803. The van der Waals surface area contributed by atoms with Gasteiger partial charge in [-0.15, -0.1) is 0 Å². The summed E-state index contributed by atoms with van der Waals surface area (Å²) in [6, 6.07) is 16.1. The number of methoxy groups -OCH3 is 1. The first kappa shape index (κ1) is 22.3. The predicted molar refractivity (Wildman–Crippen MR) is 118 cm³/mol. The van der Waals surface area contributed by atoms with Crippen molar-refractivity contribution in [3.8, 4) is 5.75 Å². The van der Waals surface area contributed by atoms with Gasteiger partial charge in [0.1, 0.15) is 12.3 Å². The smallest absolute Gasteiger partial charge is 0.242 e. The van der Waals surface area contributed by atoms with Crippen molar-refractivity contribution in [2.75, 3.05) is 26.7 Å². The molecule has 2 aromatic carbocycles. The molecule has 0 aliphatic rings. The van der Waals surface area contributed by atoms with Crippen LogP contribution >= 0.6 is 0 Å². The van der Waals surface area contributed by atoms with Crippen LogP contribution in [0, 0.1) is 6.92 Å². The van der Waals surface area contributed by atoms with Crippen LogP contribution in [0.4, 0.5) is 0 Å². The maximum atomic E-state index is 12.1. The van der Waals surface area contributed by atoms with E-state index in [-0.39, 0.29) is 12.5 Å². The summed E-state index contributed by atoms with van der Waals surface area (Å²) in [6.45, 7) is 8.29. The van der Waals surface area contributed by atoms with E-state index < -0.39 is 0 Å². The van der Waals surface area contributed by atoms with Crippen LogP contribution in [0.3, 0.4) is 0 Å². The lowest BCUT2D eigenvalue weighted by Gasteiger charge is -2.16. The first-order chi connectivity index (χ1) is 14.0. The molecule has 1 amide bonds. The van der Waals surface area contributed by atoms with E-state index in [0.29, 0.717) is 18.4 Å². The number of hydrogen-bond donors (Lipinski definition) is 3. The van der Waals surface area contributed by atoms with Gasteiger partial charge < -0.3 is 20.7 Å². The second-order valence-electron chi connectivity index (χ2n) is 7.02. The van der Waals surface area contributed by atoms with Crippen LogP contribution in [0.1, 0.15) is 36.5 Å². The second-order valence-corrected chi connectivity index (χ2v) is 7.02. The summed E-state index contributed by atoms with van der Waals surface area (Å²) in [5.74, 6) is 1.66. The molecule has 6 heteroatoms. The van der Waals surface area contributed by atoms with Crippen molar-refractivity contribution in [1.82, 2.24) is 16.0 Å². The number of carbonyl (C=O) groups is 1. The zero-order chi connectivity index (χ0) is 21.1. The highest BCUT2D eigenvalue weighted by Crippen LogP contribution is 2.15. The van der Waals surface area contributed by atoms with Crippen molar-refractivity contribution in [3.63, 3.8) is 0 Å². The van der Waals surface area contributed by atoms with E-state index in [4.69, 9.17) is 4.74 Å². The summed E-state index contributed by atoms with van der Waals surface area (Å²) < 4.78 is 5.14. The number of nitrogens with one attached hydrogen (secondary N) is 3. The third-order valence-electron chi connectivity index (χ3n) is 4.56. The fourth-order valence-corrected chi connectivity index (χ4v) is 2.84. The van der Waals surface area contributed by atoms with Crippen LogP contribution in [0.2, 0.25) is 0 Å². The predicted octanol–water partition coefficient (Wildman–Crippen LogP) is 2.98. The van der Waals surface area contributed by atoms with Crippen molar-refractivity contribution in [3.05, 3.63) is 65.2 Å². The van der Waals surface area contributed by atoms with Crippen molar-refractivity contribution >= 4 is 11.9 Å². The normalized spacial score (nSPS) is 12.2. The fourth-order valence-electron chi connectivity index (χ4n) is 2.84. The quantitative estimate of drug-likeness (QED) is 0.450. The van der Waals surface area contributed by atoms with Gasteiger partial charge >= 0.3 is 0 Å². The average molecular weight is 397 g/mol. The van der Waals surface area contributed by atoms with Gasteiger partial charge in [-0.2, -0.15) is 0 Å². The summed E-state index contributed by atoms with van der Waals surface area (Å²) in [5, 5.41) is 9.40. The Morgan fingerprint density at radius 1 is 1.10 bits per heavy atom. The van der Waals surface area contributed by atoms with Crippen molar-refractivity contribution in [1.29, 1.82) is 0 Å². The molecule has 0 radical (unpaired) electrons. The van der Waals surface area contributed by atoms with E-state index in [1.807, 2.05) is 31.2 Å². The van der Waals surface area contributed by atoms with Gasteiger partial charge in [-0.1, -0.05) is 48.9 Å². The van der Waals surface area contributed by atoms with E-state index in [0.717, 1.165) is 24.4 Å². The van der Waals surface area contributed by atoms with Gasteiger partial charge in [0.2, 0.25) is 5.91 Å². The number of aryl methyl sites for hydroxylation is 1. The highest BCUT2D eigenvalue weighted by atomic mass is 16.5. The minimum atomic E-state index is -0.121. The molecular formula is C23H32N4O2. The zero-order valence-electron chi connectivity index (χ0n) is 17.8. The van der Waals surface area contributed by atoms with Gasteiger partial charge in [0, 0.05) is 19.6 Å². The second kappa shape index (κ2) is 11.7. The number of amides is 1.